The van der Waals surface area contributed by atoms with Crippen molar-refractivity contribution in [1.29, 1.82) is 0 Å². The van der Waals surface area contributed by atoms with E-state index in [-0.39, 0.29) is 0 Å². The van der Waals surface area contributed by atoms with Gasteiger partial charge in [-0.1, -0.05) is 41.9 Å². The lowest BCUT2D eigenvalue weighted by atomic mass is 9.73. The van der Waals surface area contributed by atoms with Gasteiger partial charge in [-0.15, -0.1) is 0 Å². The normalized spacial score (nSPS) is 30.9. The summed E-state index contributed by atoms with van der Waals surface area (Å²) in [6, 6.07) is 13.2. The molecule has 21 heavy (non-hydrogen) atoms. The van der Waals surface area contributed by atoms with Crippen LogP contribution in [0.2, 0.25) is 0 Å². The first-order valence-electron chi connectivity index (χ1n) is 8.27. The molecule has 2 saturated carbocycles. The van der Waals surface area contributed by atoms with Gasteiger partial charge in [0.2, 0.25) is 0 Å². The predicted molar refractivity (Wildman–Crippen MR) is 92.0 cm³/mol. The minimum atomic E-state index is -0.673. The Bertz CT molecular complexity index is 691. The molecule has 0 heterocycles. The Kier molecular flexibility index (Phi) is 3.02. The van der Waals surface area contributed by atoms with E-state index in [2.05, 4.69) is 36.4 Å². The first kappa shape index (κ1) is 13.5. The van der Waals surface area contributed by atoms with E-state index in [0.29, 0.717) is 5.92 Å². The maximum absolute atomic E-state index is 11.2. The van der Waals surface area contributed by atoms with Crippen LogP contribution in [0.5, 0.6) is 0 Å². The average Bonchev–Trinajstić information content (AvgIpc) is 3.09. The number of fused-ring (bicyclic) bond motifs is 3. The van der Waals surface area contributed by atoms with Gasteiger partial charge in [0, 0.05) is 10.2 Å². The van der Waals surface area contributed by atoms with Crippen molar-refractivity contribution in [3.63, 3.8) is 0 Å². The minimum Gasteiger partial charge on any atom is -0.385 e. The van der Waals surface area contributed by atoms with Crippen LogP contribution in [0, 0.1) is 17.8 Å². The molecule has 2 fully saturated rings. The van der Waals surface area contributed by atoms with Gasteiger partial charge in [-0.05, 0) is 66.3 Å². The lowest BCUT2D eigenvalue weighted by Gasteiger charge is -2.36. The second-order valence-corrected chi connectivity index (χ2v) is 8.65. The highest BCUT2D eigenvalue weighted by molar-refractivity contribution is 6.33. The molecule has 4 rings (SSSR count). The predicted octanol–water partition coefficient (Wildman–Crippen LogP) is 2.47. The molecule has 2 bridgehead atoms. The van der Waals surface area contributed by atoms with Crippen LogP contribution in [0.1, 0.15) is 38.2 Å². The Hall–Kier alpha value is -1.12. The second kappa shape index (κ2) is 4.69. The van der Waals surface area contributed by atoms with Gasteiger partial charge in [-0.3, -0.25) is 0 Å². The largest absolute Gasteiger partial charge is 0.385 e. The highest BCUT2D eigenvalue weighted by Gasteiger charge is 2.48. The van der Waals surface area contributed by atoms with E-state index in [9.17, 15) is 5.11 Å². The summed E-state index contributed by atoms with van der Waals surface area (Å²) in [7, 11) is 1.09. The summed E-state index contributed by atoms with van der Waals surface area (Å²) in [5.74, 6) is 2.07. The molecule has 0 aliphatic heterocycles. The zero-order valence-corrected chi connectivity index (χ0v) is 15.0. The van der Waals surface area contributed by atoms with Crippen molar-refractivity contribution in [1.82, 2.24) is 0 Å². The van der Waals surface area contributed by atoms with Gasteiger partial charge in [0.15, 0.2) is 0 Å². The highest BCUT2D eigenvalue weighted by atomic mass is 28.1. The van der Waals surface area contributed by atoms with Crippen LogP contribution in [0.15, 0.2) is 36.4 Å². The number of benzene rings is 2. The molecule has 1 N–H and O–H groups in total. The van der Waals surface area contributed by atoms with Crippen molar-refractivity contribution in [3.05, 3.63) is 42.0 Å². The fourth-order valence-electron chi connectivity index (χ4n) is 4.83. The summed E-state index contributed by atoms with van der Waals surface area (Å²) in [5, 5.41) is 15.2. The Morgan fingerprint density at radius 2 is 1.81 bits per heavy atom. The topological polar surface area (TPSA) is 20.2 Å². The van der Waals surface area contributed by atoms with Gasteiger partial charge in [0.25, 0.3) is 0 Å². The molecule has 0 saturated heterocycles. The zero-order valence-electron chi connectivity index (χ0n) is 13.0. The molecule has 0 amide bonds. The second-order valence-electron chi connectivity index (χ2n) is 7.49. The molecule has 2 aromatic rings. The van der Waals surface area contributed by atoms with E-state index in [1.54, 1.807) is 0 Å². The van der Waals surface area contributed by atoms with E-state index >= 15 is 0 Å². The third-order valence-electron chi connectivity index (χ3n) is 6.04. The molecule has 2 heteroatoms. The summed E-state index contributed by atoms with van der Waals surface area (Å²) in [4.78, 5) is 0. The Labute approximate surface area is 129 Å². The maximum Gasteiger partial charge on any atom is 0.0899 e. The third kappa shape index (κ3) is 2.16. The standard InChI is InChI=1S/C19H24OSi/c1-19(20,18-9-12-2-3-15(18)8-12)16-6-4-14-11-17(21)7-5-13(14)10-16/h4-7,10-12,15,18,20H,2-3,8-9H2,1,21H3. The van der Waals surface area contributed by atoms with Gasteiger partial charge < -0.3 is 5.11 Å². The smallest absolute Gasteiger partial charge is 0.0899 e. The highest BCUT2D eigenvalue weighted by Crippen LogP contribution is 2.54. The van der Waals surface area contributed by atoms with E-state index in [1.165, 1.54) is 41.6 Å². The zero-order chi connectivity index (χ0) is 14.6. The molecular formula is C19H24OSi. The molecule has 4 unspecified atom stereocenters. The van der Waals surface area contributed by atoms with E-state index in [4.69, 9.17) is 0 Å². The molecule has 0 aromatic heterocycles. The average molecular weight is 296 g/mol. The summed E-state index contributed by atoms with van der Waals surface area (Å²) in [5.41, 5.74) is 0.432. The van der Waals surface area contributed by atoms with Gasteiger partial charge >= 0.3 is 0 Å². The van der Waals surface area contributed by atoms with E-state index < -0.39 is 5.60 Å². The van der Waals surface area contributed by atoms with Gasteiger partial charge in [-0.2, -0.15) is 0 Å². The first-order chi connectivity index (χ1) is 10.0. The van der Waals surface area contributed by atoms with Crippen LogP contribution in [-0.2, 0) is 5.60 Å². The molecule has 0 spiro atoms. The number of hydrogen-bond acceptors (Lipinski definition) is 1. The van der Waals surface area contributed by atoms with Crippen molar-refractivity contribution in [2.75, 3.05) is 0 Å². The van der Waals surface area contributed by atoms with E-state index in [0.717, 1.165) is 27.6 Å². The number of hydrogen-bond donors (Lipinski definition) is 1. The molecule has 2 aromatic carbocycles. The lowest BCUT2D eigenvalue weighted by Crippen LogP contribution is -2.35. The van der Waals surface area contributed by atoms with Crippen LogP contribution in [-0.4, -0.2) is 15.3 Å². The fraction of sp³-hybridized carbons (Fsp3) is 0.474. The summed E-state index contributed by atoms with van der Waals surface area (Å²) in [6.07, 6.45) is 5.27. The van der Waals surface area contributed by atoms with Crippen LogP contribution in [0.25, 0.3) is 10.8 Å². The minimum absolute atomic E-state index is 0.451. The maximum atomic E-state index is 11.2. The molecule has 1 nitrogen and oxygen atoms in total. The Morgan fingerprint density at radius 1 is 1.05 bits per heavy atom. The monoisotopic (exact) mass is 296 g/mol. The van der Waals surface area contributed by atoms with Crippen LogP contribution < -0.4 is 5.19 Å². The molecule has 4 atom stereocenters. The van der Waals surface area contributed by atoms with Crippen molar-refractivity contribution in [2.24, 2.45) is 17.8 Å². The van der Waals surface area contributed by atoms with Crippen LogP contribution in [0.4, 0.5) is 0 Å². The molecule has 0 radical (unpaired) electrons. The quantitative estimate of drug-likeness (QED) is 0.844. The number of aliphatic hydroxyl groups is 1. The van der Waals surface area contributed by atoms with Crippen LogP contribution in [0.3, 0.4) is 0 Å². The van der Waals surface area contributed by atoms with Gasteiger partial charge in [-0.25, -0.2) is 0 Å². The van der Waals surface area contributed by atoms with Crippen LogP contribution >= 0.6 is 0 Å². The molecule has 110 valence electrons. The lowest BCUT2D eigenvalue weighted by molar-refractivity contribution is -0.0295. The summed E-state index contributed by atoms with van der Waals surface area (Å²) in [6.45, 7) is 2.04. The van der Waals surface area contributed by atoms with Crippen molar-refractivity contribution in [2.45, 2.75) is 38.2 Å². The van der Waals surface area contributed by atoms with Crippen molar-refractivity contribution < 1.29 is 5.11 Å². The number of rotatable bonds is 2. The van der Waals surface area contributed by atoms with E-state index in [1.807, 2.05) is 6.92 Å². The van der Waals surface area contributed by atoms with Gasteiger partial charge in [0.05, 0.1) is 5.60 Å². The SMILES string of the molecule is CC(O)(c1ccc2cc([SiH3])ccc2c1)C1CC2CCC1C2. The molecular weight excluding hydrogens is 272 g/mol. The summed E-state index contributed by atoms with van der Waals surface area (Å²) >= 11 is 0. The summed E-state index contributed by atoms with van der Waals surface area (Å²) < 4.78 is 0. The van der Waals surface area contributed by atoms with Crippen molar-refractivity contribution >= 4 is 26.2 Å². The molecule has 2 aliphatic rings. The van der Waals surface area contributed by atoms with Gasteiger partial charge in [0.1, 0.15) is 0 Å². The first-order valence-corrected chi connectivity index (χ1v) is 9.27. The van der Waals surface area contributed by atoms with Crippen molar-refractivity contribution in [3.8, 4) is 0 Å². The molecule has 2 aliphatic carbocycles. The Balaban J connectivity index is 1.73. The Morgan fingerprint density at radius 3 is 2.52 bits per heavy atom. The fourth-order valence-corrected chi connectivity index (χ4v) is 5.30. The third-order valence-corrected chi connectivity index (χ3v) is 6.66.